The smallest absolute Gasteiger partial charge is 0.216 e. The van der Waals surface area contributed by atoms with Crippen LogP contribution in [0.2, 0.25) is 0 Å². The number of amides is 1. The van der Waals surface area contributed by atoms with Crippen molar-refractivity contribution in [1.82, 2.24) is 20.0 Å². The molecule has 1 atom stereocenters. The summed E-state index contributed by atoms with van der Waals surface area (Å²) < 4.78 is 2.00. The molecular formula is C21H30N4O. The third kappa shape index (κ3) is 4.73. The number of carbonyl (C=O) groups is 1. The highest BCUT2D eigenvalue weighted by Crippen LogP contribution is 2.24. The number of nitrogens with zero attached hydrogens (tertiary/aromatic N) is 3. The van der Waals surface area contributed by atoms with E-state index in [-0.39, 0.29) is 5.91 Å². The Kier molecular flexibility index (Phi) is 6.09. The van der Waals surface area contributed by atoms with Gasteiger partial charge in [0, 0.05) is 38.3 Å². The van der Waals surface area contributed by atoms with Crippen LogP contribution < -0.4 is 5.32 Å². The number of aromatic nitrogens is 2. The van der Waals surface area contributed by atoms with Crippen LogP contribution in [-0.4, -0.2) is 40.2 Å². The zero-order valence-corrected chi connectivity index (χ0v) is 16.1. The Morgan fingerprint density at radius 3 is 2.77 bits per heavy atom. The first-order chi connectivity index (χ1) is 12.5. The van der Waals surface area contributed by atoms with Gasteiger partial charge in [-0.3, -0.25) is 9.69 Å². The van der Waals surface area contributed by atoms with Gasteiger partial charge in [-0.05, 0) is 43.4 Å². The summed E-state index contributed by atoms with van der Waals surface area (Å²) in [5.74, 6) is 1.00. The van der Waals surface area contributed by atoms with E-state index in [4.69, 9.17) is 5.10 Å². The van der Waals surface area contributed by atoms with Crippen LogP contribution >= 0.6 is 0 Å². The molecule has 1 aliphatic rings. The van der Waals surface area contributed by atoms with Gasteiger partial charge in [-0.25, -0.2) is 4.68 Å². The second kappa shape index (κ2) is 8.49. The summed E-state index contributed by atoms with van der Waals surface area (Å²) in [5.41, 5.74) is 3.59. The molecule has 1 fully saturated rings. The molecule has 5 nitrogen and oxygen atoms in total. The first-order valence-electron chi connectivity index (χ1n) is 9.63. The van der Waals surface area contributed by atoms with E-state index in [0.717, 1.165) is 31.9 Å². The maximum atomic E-state index is 11.2. The van der Waals surface area contributed by atoms with Gasteiger partial charge in [0.2, 0.25) is 5.91 Å². The lowest BCUT2D eigenvalue weighted by molar-refractivity contribution is -0.119. The van der Waals surface area contributed by atoms with E-state index in [1.165, 1.54) is 24.1 Å². The lowest BCUT2D eigenvalue weighted by Crippen LogP contribution is -2.40. The van der Waals surface area contributed by atoms with Crippen LogP contribution in [0.4, 0.5) is 0 Å². The third-order valence-electron chi connectivity index (χ3n) is 5.03. The van der Waals surface area contributed by atoms with Gasteiger partial charge in [-0.1, -0.05) is 32.0 Å². The first kappa shape index (κ1) is 18.6. The maximum absolute atomic E-state index is 11.2. The summed E-state index contributed by atoms with van der Waals surface area (Å²) in [6.45, 7) is 9.86. The number of benzene rings is 1. The minimum atomic E-state index is 0.0633. The first-order valence-corrected chi connectivity index (χ1v) is 9.63. The van der Waals surface area contributed by atoms with Gasteiger partial charge in [0.15, 0.2) is 0 Å². The third-order valence-corrected chi connectivity index (χ3v) is 5.03. The lowest BCUT2D eigenvalue weighted by atomic mass is 9.97. The number of hydrogen-bond donors (Lipinski definition) is 1. The Morgan fingerprint density at radius 1 is 1.31 bits per heavy atom. The summed E-state index contributed by atoms with van der Waals surface area (Å²) in [4.78, 5) is 13.7. The summed E-state index contributed by atoms with van der Waals surface area (Å²) in [5, 5.41) is 7.83. The van der Waals surface area contributed by atoms with E-state index >= 15 is 0 Å². The average molecular weight is 354 g/mol. The monoisotopic (exact) mass is 354 g/mol. The second-order valence-corrected chi connectivity index (χ2v) is 7.65. The molecule has 1 N–H and O–H groups in total. The van der Waals surface area contributed by atoms with E-state index in [1.54, 1.807) is 6.92 Å². The van der Waals surface area contributed by atoms with E-state index < -0.39 is 0 Å². The summed E-state index contributed by atoms with van der Waals surface area (Å²) in [6.07, 6.45) is 4.56. The predicted octanol–water partition coefficient (Wildman–Crippen LogP) is 3.34. The van der Waals surface area contributed by atoms with Crippen LogP contribution in [-0.2, 0) is 11.3 Å². The average Bonchev–Trinajstić information content (AvgIpc) is 3.05. The molecule has 0 spiro atoms. The Hall–Kier alpha value is -2.14. The molecular weight excluding hydrogens is 324 g/mol. The van der Waals surface area contributed by atoms with Gasteiger partial charge in [0.25, 0.3) is 0 Å². The Labute approximate surface area is 156 Å². The lowest BCUT2D eigenvalue weighted by Gasteiger charge is -2.32. The molecule has 0 saturated carbocycles. The highest BCUT2D eigenvalue weighted by atomic mass is 16.1. The number of piperidine rings is 1. The molecule has 26 heavy (non-hydrogen) atoms. The zero-order valence-electron chi connectivity index (χ0n) is 16.1. The number of hydrogen-bond acceptors (Lipinski definition) is 3. The summed E-state index contributed by atoms with van der Waals surface area (Å²) >= 11 is 0. The van der Waals surface area contributed by atoms with Crippen LogP contribution in [0.3, 0.4) is 0 Å². The molecule has 1 aromatic carbocycles. The van der Waals surface area contributed by atoms with E-state index in [9.17, 15) is 4.79 Å². The van der Waals surface area contributed by atoms with Crippen LogP contribution in [0.15, 0.2) is 36.5 Å². The van der Waals surface area contributed by atoms with Gasteiger partial charge >= 0.3 is 0 Å². The number of likely N-dealkylation sites (tertiary alicyclic amines) is 1. The van der Waals surface area contributed by atoms with Crippen LogP contribution in [0, 0.1) is 5.92 Å². The second-order valence-electron chi connectivity index (χ2n) is 7.65. The molecule has 0 aliphatic carbocycles. The van der Waals surface area contributed by atoms with Crippen molar-refractivity contribution in [2.75, 3.05) is 19.6 Å². The van der Waals surface area contributed by atoms with E-state index in [0.29, 0.717) is 11.8 Å². The van der Waals surface area contributed by atoms with Crippen molar-refractivity contribution in [3.63, 3.8) is 0 Å². The molecule has 1 aromatic heterocycles. The summed E-state index contributed by atoms with van der Waals surface area (Å²) in [7, 11) is 0. The SMILES string of the molecule is CC(=O)NCC1CCCN(Cc2cn(-c3ccccc3)nc2C(C)C)C1. The normalized spacial score (nSPS) is 18.2. The highest BCUT2D eigenvalue weighted by molar-refractivity contribution is 5.72. The Balaban J connectivity index is 1.72. The Bertz CT molecular complexity index is 723. The molecule has 1 amide bonds. The quantitative estimate of drug-likeness (QED) is 0.865. The Morgan fingerprint density at radius 2 is 2.08 bits per heavy atom. The minimum Gasteiger partial charge on any atom is -0.356 e. The fourth-order valence-corrected chi connectivity index (χ4v) is 3.73. The van der Waals surface area contributed by atoms with Crippen LogP contribution in [0.5, 0.6) is 0 Å². The molecule has 2 aromatic rings. The number of carbonyl (C=O) groups excluding carboxylic acids is 1. The molecule has 140 valence electrons. The molecule has 0 radical (unpaired) electrons. The molecule has 1 unspecified atom stereocenters. The van der Waals surface area contributed by atoms with Gasteiger partial charge < -0.3 is 5.32 Å². The number of para-hydroxylation sites is 1. The van der Waals surface area contributed by atoms with Gasteiger partial charge in [0.05, 0.1) is 11.4 Å². The molecule has 0 bridgehead atoms. The van der Waals surface area contributed by atoms with Crippen molar-refractivity contribution in [2.24, 2.45) is 5.92 Å². The summed E-state index contributed by atoms with van der Waals surface area (Å²) in [6, 6.07) is 10.3. The van der Waals surface area contributed by atoms with Crippen molar-refractivity contribution in [1.29, 1.82) is 0 Å². The predicted molar refractivity (Wildman–Crippen MR) is 104 cm³/mol. The topological polar surface area (TPSA) is 50.2 Å². The van der Waals surface area contributed by atoms with Gasteiger partial charge in [-0.2, -0.15) is 5.10 Å². The fourth-order valence-electron chi connectivity index (χ4n) is 3.73. The van der Waals surface area contributed by atoms with Crippen LogP contribution in [0.25, 0.3) is 5.69 Å². The van der Waals surface area contributed by atoms with Crippen molar-refractivity contribution in [3.05, 3.63) is 47.8 Å². The van der Waals surface area contributed by atoms with Crippen molar-refractivity contribution in [2.45, 2.75) is 46.1 Å². The molecule has 2 heterocycles. The fraction of sp³-hybridized carbons (Fsp3) is 0.524. The van der Waals surface area contributed by atoms with E-state index in [1.807, 2.05) is 22.9 Å². The molecule has 1 aliphatic heterocycles. The van der Waals surface area contributed by atoms with Crippen molar-refractivity contribution < 1.29 is 4.79 Å². The maximum Gasteiger partial charge on any atom is 0.216 e. The zero-order chi connectivity index (χ0) is 18.5. The number of nitrogens with one attached hydrogen (secondary N) is 1. The molecule has 5 heteroatoms. The number of rotatable bonds is 6. The molecule has 3 rings (SSSR count). The standard InChI is InChI=1S/C21H30N4O/c1-16(2)21-19(15-25(23-21)20-9-5-4-6-10-20)14-24-11-7-8-18(13-24)12-22-17(3)26/h4-6,9-10,15-16,18H,7-8,11-14H2,1-3H3,(H,22,26). The highest BCUT2D eigenvalue weighted by Gasteiger charge is 2.22. The largest absolute Gasteiger partial charge is 0.356 e. The van der Waals surface area contributed by atoms with Crippen molar-refractivity contribution >= 4 is 5.91 Å². The van der Waals surface area contributed by atoms with Gasteiger partial charge in [-0.15, -0.1) is 0 Å². The minimum absolute atomic E-state index is 0.0633. The molecule has 1 saturated heterocycles. The van der Waals surface area contributed by atoms with Gasteiger partial charge in [0.1, 0.15) is 0 Å². The van der Waals surface area contributed by atoms with E-state index in [2.05, 4.69) is 42.4 Å². The van der Waals surface area contributed by atoms with Crippen LogP contribution in [0.1, 0.15) is 50.8 Å². The van der Waals surface area contributed by atoms with Crippen molar-refractivity contribution in [3.8, 4) is 5.69 Å².